The van der Waals surface area contributed by atoms with Gasteiger partial charge in [0.15, 0.2) is 0 Å². The SMILES string of the molecule is CC(C)CCC(C)NC(=O)/C=C/c1ccc(S(=O)(=O)N2CCOCC2)cc1. The van der Waals surface area contributed by atoms with E-state index in [9.17, 15) is 13.2 Å². The number of amides is 1. The number of benzene rings is 1. The molecular formula is C20H30N2O4S. The molecule has 0 bridgehead atoms. The van der Waals surface area contributed by atoms with Crippen LogP contribution in [-0.2, 0) is 19.6 Å². The summed E-state index contributed by atoms with van der Waals surface area (Å²) in [6.07, 6.45) is 5.20. The maximum atomic E-state index is 12.6. The Hall–Kier alpha value is -1.70. The highest BCUT2D eigenvalue weighted by Gasteiger charge is 2.25. The molecule has 1 atom stereocenters. The Labute approximate surface area is 162 Å². The molecule has 1 aromatic carbocycles. The minimum absolute atomic E-state index is 0.130. The van der Waals surface area contributed by atoms with Crippen LogP contribution < -0.4 is 5.32 Å². The molecule has 6 nitrogen and oxygen atoms in total. The molecule has 1 fully saturated rings. The van der Waals surface area contributed by atoms with Crippen molar-refractivity contribution in [2.24, 2.45) is 5.92 Å². The molecule has 1 aliphatic heterocycles. The first-order chi connectivity index (χ1) is 12.8. The number of hydrogen-bond acceptors (Lipinski definition) is 4. The fraction of sp³-hybridized carbons (Fsp3) is 0.550. The van der Waals surface area contributed by atoms with Crippen LogP contribution in [0.1, 0.15) is 39.2 Å². The highest BCUT2D eigenvalue weighted by atomic mass is 32.2. The van der Waals surface area contributed by atoms with E-state index >= 15 is 0 Å². The predicted molar refractivity (Wildman–Crippen MR) is 107 cm³/mol. The van der Waals surface area contributed by atoms with E-state index in [1.807, 2.05) is 6.92 Å². The molecule has 1 N–H and O–H groups in total. The van der Waals surface area contributed by atoms with Crippen molar-refractivity contribution < 1.29 is 17.9 Å². The number of sulfonamides is 1. The summed E-state index contributed by atoms with van der Waals surface area (Å²) in [5.74, 6) is 0.475. The lowest BCUT2D eigenvalue weighted by molar-refractivity contribution is -0.117. The normalized spacial score (nSPS) is 17.3. The fourth-order valence-electron chi connectivity index (χ4n) is 2.81. The molecule has 0 radical (unpaired) electrons. The summed E-state index contributed by atoms with van der Waals surface area (Å²) in [6.45, 7) is 7.92. The predicted octanol–water partition coefficient (Wildman–Crippen LogP) is 2.66. The van der Waals surface area contributed by atoms with Gasteiger partial charge in [-0.2, -0.15) is 4.31 Å². The summed E-state index contributed by atoms with van der Waals surface area (Å²) < 4.78 is 31.8. The van der Waals surface area contributed by atoms with Gasteiger partial charge in [0, 0.05) is 25.2 Å². The van der Waals surface area contributed by atoms with Gasteiger partial charge in [0.05, 0.1) is 18.1 Å². The fourth-order valence-corrected chi connectivity index (χ4v) is 4.21. The topological polar surface area (TPSA) is 75.7 Å². The van der Waals surface area contributed by atoms with Crippen molar-refractivity contribution >= 4 is 22.0 Å². The van der Waals surface area contributed by atoms with Gasteiger partial charge in [0.25, 0.3) is 0 Å². The molecule has 150 valence electrons. The Balaban J connectivity index is 1.92. The third kappa shape index (κ3) is 6.75. The summed E-state index contributed by atoms with van der Waals surface area (Å²) in [5.41, 5.74) is 0.779. The molecule has 0 spiro atoms. The second-order valence-electron chi connectivity index (χ2n) is 7.30. The Morgan fingerprint density at radius 3 is 2.37 bits per heavy atom. The summed E-state index contributed by atoms with van der Waals surface area (Å²) in [6, 6.07) is 6.70. The van der Waals surface area contributed by atoms with Crippen LogP contribution in [0.3, 0.4) is 0 Å². The summed E-state index contributed by atoms with van der Waals surface area (Å²) >= 11 is 0. The van der Waals surface area contributed by atoms with Gasteiger partial charge in [0.1, 0.15) is 0 Å². The van der Waals surface area contributed by atoms with Gasteiger partial charge in [-0.1, -0.05) is 26.0 Å². The van der Waals surface area contributed by atoms with Gasteiger partial charge in [0.2, 0.25) is 15.9 Å². The van der Waals surface area contributed by atoms with Gasteiger partial charge in [-0.15, -0.1) is 0 Å². The zero-order valence-electron chi connectivity index (χ0n) is 16.3. The largest absolute Gasteiger partial charge is 0.379 e. The summed E-state index contributed by atoms with van der Waals surface area (Å²) in [7, 11) is -3.49. The van der Waals surface area contributed by atoms with Crippen LogP contribution in [-0.4, -0.2) is 51.0 Å². The molecule has 1 saturated heterocycles. The molecule has 0 aromatic heterocycles. The van der Waals surface area contributed by atoms with Crippen LogP contribution in [0.15, 0.2) is 35.2 Å². The maximum absolute atomic E-state index is 12.6. The molecule has 1 heterocycles. The van der Waals surface area contributed by atoms with Crippen molar-refractivity contribution in [3.63, 3.8) is 0 Å². The molecule has 1 aliphatic rings. The van der Waals surface area contributed by atoms with E-state index in [1.165, 1.54) is 10.4 Å². The number of nitrogens with zero attached hydrogens (tertiary/aromatic N) is 1. The smallest absolute Gasteiger partial charge is 0.244 e. The van der Waals surface area contributed by atoms with Crippen LogP contribution >= 0.6 is 0 Å². The monoisotopic (exact) mass is 394 g/mol. The average Bonchev–Trinajstić information content (AvgIpc) is 2.66. The maximum Gasteiger partial charge on any atom is 0.244 e. The molecule has 0 saturated carbocycles. The first kappa shape index (κ1) is 21.6. The van der Waals surface area contributed by atoms with Crippen molar-refractivity contribution in [1.29, 1.82) is 0 Å². The molecule has 27 heavy (non-hydrogen) atoms. The lowest BCUT2D eigenvalue weighted by Gasteiger charge is -2.26. The van der Waals surface area contributed by atoms with Crippen LogP contribution in [0, 0.1) is 5.92 Å². The van der Waals surface area contributed by atoms with E-state index in [0.29, 0.717) is 32.2 Å². The highest BCUT2D eigenvalue weighted by molar-refractivity contribution is 7.89. The minimum atomic E-state index is -3.49. The Morgan fingerprint density at radius 1 is 1.15 bits per heavy atom. The second-order valence-corrected chi connectivity index (χ2v) is 9.24. The van der Waals surface area contributed by atoms with Crippen molar-refractivity contribution in [1.82, 2.24) is 9.62 Å². The van der Waals surface area contributed by atoms with Crippen molar-refractivity contribution in [3.05, 3.63) is 35.9 Å². The van der Waals surface area contributed by atoms with Crippen molar-refractivity contribution in [2.45, 2.75) is 44.6 Å². The standard InChI is InChI=1S/C20H30N2O4S/c1-16(2)4-5-17(3)21-20(23)11-8-18-6-9-19(10-7-18)27(24,25)22-12-14-26-15-13-22/h6-11,16-17H,4-5,12-15H2,1-3H3,(H,21,23)/b11-8+. The van der Waals surface area contributed by atoms with Crippen LogP contribution in [0.5, 0.6) is 0 Å². The number of ether oxygens (including phenoxy) is 1. The molecule has 7 heteroatoms. The first-order valence-electron chi connectivity index (χ1n) is 9.45. The van der Waals surface area contributed by atoms with E-state index in [0.717, 1.165) is 18.4 Å². The highest BCUT2D eigenvalue weighted by Crippen LogP contribution is 2.18. The molecule has 1 aromatic rings. The molecule has 1 unspecified atom stereocenters. The Kier molecular flexibility index (Phi) is 8.01. The number of carbonyl (C=O) groups is 1. The lowest BCUT2D eigenvalue weighted by Crippen LogP contribution is -2.40. The van der Waals surface area contributed by atoms with Crippen LogP contribution in [0.25, 0.3) is 6.08 Å². The zero-order chi connectivity index (χ0) is 19.9. The molecule has 2 rings (SSSR count). The molecule has 1 amide bonds. The Morgan fingerprint density at radius 2 is 1.78 bits per heavy atom. The minimum Gasteiger partial charge on any atom is -0.379 e. The summed E-state index contributed by atoms with van der Waals surface area (Å²) in [4.78, 5) is 12.2. The lowest BCUT2D eigenvalue weighted by atomic mass is 10.0. The average molecular weight is 395 g/mol. The zero-order valence-corrected chi connectivity index (χ0v) is 17.2. The summed E-state index contributed by atoms with van der Waals surface area (Å²) in [5, 5.41) is 2.94. The number of hydrogen-bond donors (Lipinski definition) is 1. The van der Waals surface area contributed by atoms with E-state index in [-0.39, 0.29) is 16.8 Å². The van der Waals surface area contributed by atoms with Crippen LogP contribution in [0.4, 0.5) is 0 Å². The second kappa shape index (κ2) is 10.0. The quantitative estimate of drug-likeness (QED) is 0.688. The molecule has 0 aliphatic carbocycles. The van der Waals surface area contributed by atoms with Gasteiger partial charge in [-0.3, -0.25) is 4.79 Å². The number of rotatable bonds is 8. The van der Waals surface area contributed by atoms with Gasteiger partial charge in [-0.05, 0) is 49.5 Å². The van der Waals surface area contributed by atoms with E-state index in [1.54, 1.807) is 30.3 Å². The van der Waals surface area contributed by atoms with Gasteiger partial charge in [-0.25, -0.2) is 8.42 Å². The van der Waals surface area contributed by atoms with Gasteiger partial charge >= 0.3 is 0 Å². The molecular weight excluding hydrogens is 364 g/mol. The Bertz CT molecular complexity index is 736. The van der Waals surface area contributed by atoms with E-state index in [4.69, 9.17) is 4.74 Å². The first-order valence-corrected chi connectivity index (χ1v) is 10.9. The number of carbonyl (C=O) groups excluding carboxylic acids is 1. The van der Waals surface area contributed by atoms with Crippen molar-refractivity contribution in [2.75, 3.05) is 26.3 Å². The third-order valence-corrected chi connectivity index (χ3v) is 6.39. The number of morpholine rings is 1. The third-order valence-electron chi connectivity index (χ3n) is 4.48. The van der Waals surface area contributed by atoms with Gasteiger partial charge < -0.3 is 10.1 Å². The van der Waals surface area contributed by atoms with E-state index in [2.05, 4.69) is 19.2 Å². The van der Waals surface area contributed by atoms with E-state index < -0.39 is 10.0 Å². The number of nitrogens with one attached hydrogen (secondary N) is 1. The van der Waals surface area contributed by atoms with Crippen LogP contribution in [0.2, 0.25) is 0 Å². The van der Waals surface area contributed by atoms with Crippen molar-refractivity contribution in [3.8, 4) is 0 Å².